The summed E-state index contributed by atoms with van der Waals surface area (Å²) in [7, 11) is 0. The number of ether oxygens (including phenoxy) is 4. The molecule has 2 fully saturated rings. The molecule has 0 aromatic heterocycles. The molecular formula is C55H106N2O15. The Morgan fingerprint density at radius 2 is 0.903 bits per heavy atom. The fourth-order valence-corrected chi connectivity index (χ4v) is 9.98. The lowest BCUT2D eigenvalue weighted by atomic mass is 9.95. The van der Waals surface area contributed by atoms with Gasteiger partial charge >= 0.3 is 0 Å². The van der Waals surface area contributed by atoms with E-state index >= 15 is 0 Å². The second-order valence-electron chi connectivity index (χ2n) is 21.1. The molecule has 2 aliphatic heterocycles. The second kappa shape index (κ2) is 41.6. The first kappa shape index (κ1) is 66.5. The van der Waals surface area contributed by atoms with Gasteiger partial charge in [0.15, 0.2) is 12.6 Å². The van der Waals surface area contributed by atoms with Gasteiger partial charge in [-0.2, -0.15) is 0 Å². The van der Waals surface area contributed by atoms with Gasteiger partial charge in [-0.25, -0.2) is 0 Å². The van der Waals surface area contributed by atoms with Crippen molar-refractivity contribution in [3.8, 4) is 0 Å². The van der Waals surface area contributed by atoms with Gasteiger partial charge in [0, 0.05) is 6.92 Å². The summed E-state index contributed by atoms with van der Waals surface area (Å²) in [6.45, 7) is 3.55. The number of carbonyl (C=O) groups is 2. The third-order valence-corrected chi connectivity index (χ3v) is 14.7. The van der Waals surface area contributed by atoms with E-state index in [1.807, 2.05) is 0 Å². The zero-order valence-electron chi connectivity index (χ0n) is 45.0. The zero-order chi connectivity index (χ0) is 52.9. The van der Waals surface area contributed by atoms with Crippen LogP contribution in [0.4, 0.5) is 0 Å². The maximum atomic E-state index is 13.4. The molecule has 2 heterocycles. The average Bonchev–Trinajstić information content (AvgIpc) is 3.36. The number of nitrogens with one attached hydrogen (secondary N) is 2. The Morgan fingerprint density at radius 1 is 0.514 bits per heavy atom. The highest BCUT2D eigenvalue weighted by Gasteiger charge is 2.51. The van der Waals surface area contributed by atoms with E-state index in [1.54, 1.807) is 0 Å². The first-order valence-electron chi connectivity index (χ1n) is 28.9. The van der Waals surface area contributed by atoms with Crippen LogP contribution in [0.3, 0.4) is 0 Å². The van der Waals surface area contributed by atoms with Crippen LogP contribution in [0, 0.1) is 0 Å². The van der Waals surface area contributed by atoms with Crippen LogP contribution in [-0.4, -0.2) is 163 Å². The highest BCUT2D eigenvalue weighted by Crippen LogP contribution is 2.30. The minimum atomic E-state index is -1.85. The second-order valence-corrected chi connectivity index (χ2v) is 21.1. The van der Waals surface area contributed by atoms with Crippen molar-refractivity contribution in [2.75, 3.05) is 19.8 Å². The summed E-state index contributed by atoms with van der Waals surface area (Å²) in [5, 5.41) is 102. The first-order valence-corrected chi connectivity index (χ1v) is 28.9. The Labute approximate surface area is 433 Å². The molecule has 11 N–H and O–H groups in total. The smallest absolute Gasteiger partial charge is 0.249 e. The van der Waals surface area contributed by atoms with Crippen molar-refractivity contribution >= 4 is 11.8 Å². The zero-order valence-corrected chi connectivity index (χ0v) is 45.0. The van der Waals surface area contributed by atoms with Crippen LogP contribution in [0.5, 0.6) is 0 Å². The Hall–Kier alpha value is -1.58. The minimum absolute atomic E-state index is 0.195. The molecule has 0 spiro atoms. The largest absolute Gasteiger partial charge is 0.394 e. The minimum Gasteiger partial charge on any atom is -0.394 e. The molecule has 14 atom stereocenters. The van der Waals surface area contributed by atoms with Gasteiger partial charge in [-0.15, -0.1) is 0 Å². The Bertz CT molecular complexity index is 1320. The summed E-state index contributed by atoms with van der Waals surface area (Å²) in [5.41, 5.74) is 0. The third-order valence-electron chi connectivity index (χ3n) is 14.7. The quantitative estimate of drug-likeness (QED) is 0.0301. The van der Waals surface area contributed by atoms with Gasteiger partial charge < -0.3 is 75.5 Å². The summed E-state index contributed by atoms with van der Waals surface area (Å²) < 4.78 is 23.2. The van der Waals surface area contributed by atoms with E-state index < -0.39 is 117 Å². The van der Waals surface area contributed by atoms with Crippen molar-refractivity contribution in [2.45, 2.75) is 318 Å². The van der Waals surface area contributed by atoms with Crippen LogP contribution in [-0.2, 0) is 28.5 Å². The molecule has 0 aromatic carbocycles. The van der Waals surface area contributed by atoms with Crippen LogP contribution >= 0.6 is 0 Å². The van der Waals surface area contributed by atoms with Gasteiger partial charge in [0.2, 0.25) is 11.8 Å². The molecule has 17 heteroatoms. The maximum Gasteiger partial charge on any atom is 0.249 e. The van der Waals surface area contributed by atoms with E-state index in [1.165, 1.54) is 135 Å². The van der Waals surface area contributed by atoms with Gasteiger partial charge in [-0.05, 0) is 12.8 Å². The summed E-state index contributed by atoms with van der Waals surface area (Å²) in [6.07, 6.45) is 18.5. The lowest BCUT2D eigenvalue weighted by Gasteiger charge is -2.47. The van der Waals surface area contributed by atoms with Gasteiger partial charge in [0.05, 0.1) is 32.0 Å². The highest BCUT2D eigenvalue weighted by molar-refractivity contribution is 5.80. The van der Waals surface area contributed by atoms with E-state index in [-0.39, 0.29) is 12.8 Å². The lowest BCUT2D eigenvalue weighted by Crippen LogP contribution is -2.68. The summed E-state index contributed by atoms with van der Waals surface area (Å²) in [4.78, 5) is 25.5. The Kier molecular flexibility index (Phi) is 38.4. The van der Waals surface area contributed by atoms with E-state index in [4.69, 9.17) is 18.9 Å². The van der Waals surface area contributed by atoms with Crippen LogP contribution in [0.25, 0.3) is 0 Å². The Morgan fingerprint density at radius 3 is 1.32 bits per heavy atom. The molecule has 2 amide bonds. The van der Waals surface area contributed by atoms with Crippen molar-refractivity contribution in [3.05, 3.63) is 0 Å². The molecule has 0 bridgehead atoms. The molecule has 0 saturated carbocycles. The van der Waals surface area contributed by atoms with Crippen molar-refractivity contribution in [1.29, 1.82) is 0 Å². The van der Waals surface area contributed by atoms with Crippen LogP contribution < -0.4 is 10.6 Å². The van der Waals surface area contributed by atoms with Crippen LogP contribution in [0.15, 0.2) is 0 Å². The van der Waals surface area contributed by atoms with E-state index in [0.29, 0.717) is 12.8 Å². The SMILES string of the molecule is CCCCCCCCCCCCCCCCCCCCC[C@@H](O)C(=O)N[C@@H](CO[C@H]1O[C@H](CO)[C@H](O)[C@H](O[C@H]2O[C@H](CO)[C@H](O)[C@H](O)[C@H]2NC(C)=O)[C@H]1O)[C@H](O)[C@H](O)CCCCCCCCCCCCCC. The number of hydrogen-bond acceptors (Lipinski definition) is 15. The van der Waals surface area contributed by atoms with Crippen molar-refractivity contribution < 1.29 is 74.5 Å². The Balaban J connectivity index is 1.94. The lowest BCUT2D eigenvalue weighted by molar-refractivity contribution is -0.348. The number of carbonyl (C=O) groups excluding carboxylic acids is 2. The molecule has 0 radical (unpaired) electrons. The third kappa shape index (κ3) is 27.5. The van der Waals surface area contributed by atoms with E-state index in [2.05, 4.69) is 24.5 Å². The molecule has 2 rings (SSSR count). The maximum absolute atomic E-state index is 13.4. The van der Waals surface area contributed by atoms with Crippen molar-refractivity contribution in [2.24, 2.45) is 0 Å². The van der Waals surface area contributed by atoms with E-state index in [9.17, 15) is 55.5 Å². The summed E-state index contributed by atoms with van der Waals surface area (Å²) in [5.74, 6) is -1.40. The number of unbranched alkanes of at least 4 members (excludes halogenated alkanes) is 29. The normalized spacial score (nSPS) is 26.3. The molecule has 0 unspecified atom stereocenters. The predicted molar refractivity (Wildman–Crippen MR) is 278 cm³/mol. The van der Waals surface area contributed by atoms with Crippen LogP contribution in [0.1, 0.15) is 233 Å². The van der Waals surface area contributed by atoms with Gasteiger partial charge in [0.1, 0.15) is 61.0 Å². The monoisotopic (exact) mass is 1030 g/mol. The fraction of sp³-hybridized carbons (Fsp3) is 0.964. The van der Waals surface area contributed by atoms with E-state index in [0.717, 1.165) is 58.3 Å². The van der Waals surface area contributed by atoms with Crippen LogP contribution in [0.2, 0.25) is 0 Å². The molecule has 17 nitrogen and oxygen atoms in total. The number of aliphatic hydroxyl groups excluding tert-OH is 9. The number of rotatable bonds is 45. The topological polar surface area (TPSA) is 277 Å². The van der Waals surface area contributed by atoms with Crippen molar-refractivity contribution in [1.82, 2.24) is 10.6 Å². The van der Waals surface area contributed by atoms with Gasteiger partial charge in [-0.3, -0.25) is 9.59 Å². The molecule has 0 aliphatic carbocycles. The van der Waals surface area contributed by atoms with Gasteiger partial charge in [-0.1, -0.05) is 213 Å². The number of amides is 2. The predicted octanol–water partition coefficient (Wildman–Crippen LogP) is 6.25. The summed E-state index contributed by atoms with van der Waals surface area (Å²) >= 11 is 0. The molecule has 426 valence electrons. The molecule has 2 saturated heterocycles. The fourth-order valence-electron chi connectivity index (χ4n) is 9.98. The molecule has 72 heavy (non-hydrogen) atoms. The molecular weight excluding hydrogens is 929 g/mol. The molecule has 0 aromatic rings. The summed E-state index contributed by atoms with van der Waals surface area (Å²) in [6, 6.07) is -2.71. The molecule has 2 aliphatic rings. The number of hydrogen-bond donors (Lipinski definition) is 11. The standard InChI is InChI=1S/C55H106N2O15/c1-4-6-8-10-12-14-16-18-19-20-21-22-23-24-26-28-30-32-34-36-43(62)53(68)57-41(47(63)42(61)35-33-31-29-27-25-17-15-13-11-9-7-5-2)39-69-55-51(67)52(49(65)45(38-59)71-55)72-54-46(56-40(3)60)50(66)48(64)44(37-58)70-54/h41-52,54-55,58-59,61-67H,4-39H2,1-3H3,(H,56,60)(H,57,68)/t41-,42+,43+,44+,45+,46+,47-,48-,49-,50+,51+,52-,54+,55-/m0/s1. The number of aliphatic hydroxyl groups is 9. The average molecular weight is 1040 g/mol. The first-order chi connectivity index (χ1) is 34.8. The highest BCUT2D eigenvalue weighted by atomic mass is 16.7. The van der Waals surface area contributed by atoms with Gasteiger partial charge in [0.25, 0.3) is 0 Å². The van der Waals surface area contributed by atoms with Crippen molar-refractivity contribution in [3.63, 3.8) is 0 Å².